The highest BCUT2D eigenvalue weighted by atomic mass is 32.2. The smallest absolute Gasteiger partial charge is 0.205 e. The van der Waals surface area contributed by atoms with Gasteiger partial charge in [0.05, 0.1) is 17.5 Å². The molecule has 0 aliphatic carbocycles. The number of nitrogens with zero attached hydrogens (tertiary/aromatic N) is 5. The lowest BCUT2D eigenvalue weighted by atomic mass is 10.1. The molecule has 6 nitrogen and oxygen atoms in total. The highest BCUT2D eigenvalue weighted by molar-refractivity contribution is 8.16. The first-order valence-electron chi connectivity index (χ1n) is 8.93. The zero-order valence-corrected chi connectivity index (χ0v) is 17.6. The molecule has 0 aromatic carbocycles. The molecule has 1 heterocycles. The molecular formula is C18H30N6S2. The molecule has 0 saturated heterocycles. The first-order chi connectivity index (χ1) is 12.7. The van der Waals surface area contributed by atoms with Crippen molar-refractivity contribution >= 4 is 39.7 Å². The van der Waals surface area contributed by atoms with Gasteiger partial charge < -0.3 is 10.6 Å². The van der Waals surface area contributed by atoms with Crippen LogP contribution in [0.25, 0.3) is 0 Å². The standard InChI is InChI=1S/C18H30N6S2/c1-5-11-20-13-15(6-2)17-22-18(26-23-17)24(12-9-10-19)14-16(21-7-3)25-8-4/h5,8,11,13,15H,4,6-7,9-10,12,14,19H2,1-3H3/b11-5-,20-13?,21-16?. The third-order valence-corrected chi connectivity index (χ3v) is 4.97. The first-order valence-corrected chi connectivity index (χ1v) is 10.6. The summed E-state index contributed by atoms with van der Waals surface area (Å²) in [5.41, 5.74) is 5.71. The minimum absolute atomic E-state index is 0.124. The lowest BCUT2D eigenvalue weighted by molar-refractivity contribution is 0.765. The van der Waals surface area contributed by atoms with Gasteiger partial charge in [-0.3, -0.25) is 9.98 Å². The van der Waals surface area contributed by atoms with Gasteiger partial charge in [0.1, 0.15) is 0 Å². The van der Waals surface area contributed by atoms with Gasteiger partial charge in [0.2, 0.25) is 5.13 Å². The van der Waals surface area contributed by atoms with Crippen molar-refractivity contribution in [2.24, 2.45) is 15.7 Å². The van der Waals surface area contributed by atoms with Gasteiger partial charge in [-0.2, -0.15) is 4.37 Å². The summed E-state index contributed by atoms with van der Waals surface area (Å²) in [6.45, 7) is 12.8. The summed E-state index contributed by atoms with van der Waals surface area (Å²) in [6, 6.07) is 0. The van der Waals surface area contributed by atoms with Crippen molar-refractivity contribution < 1.29 is 0 Å². The second kappa shape index (κ2) is 13.7. The number of aliphatic imine (C=N–C) groups is 2. The summed E-state index contributed by atoms with van der Waals surface area (Å²) in [7, 11) is 0. The van der Waals surface area contributed by atoms with Gasteiger partial charge in [-0.1, -0.05) is 31.3 Å². The van der Waals surface area contributed by atoms with Crippen LogP contribution in [-0.2, 0) is 0 Å². The van der Waals surface area contributed by atoms with E-state index in [-0.39, 0.29) is 5.92 Å². The quantitative estimate of drug-likeness (QED) is 0.427. The van der Waals surface area contributed by atoms with Gasteiger partial charge in [0.25, 0.3) is 0 Å². The third kappa shape index (κ3) is 7.80. The van der Waals surface area contributed by atoms with Gasteiger partial charge in [0, 0.05) is 37.0 Å². The van der Waals surface area contributed by atoms with Gasteiger partial charge in [0.15, 0.2) is 5.82 Å². The maximum atomic E-state index is 5.71. The van der Waals surface area contributed by atoms with Crippen molar-refractivity contribution in [3.05, 3.63) is 30.1 Å². The van der Waals surface area contributed by atoms with Crippen molar-refractivity contribution in [2.45, 2.75) is 39.5 Å². The third-order valence-electron chi connectivity index (χ3n) is 3.49. The number of allylic oxidation sites excluding steroid dienone is 1. The highest BCUT2D eigenvalue weighted by Gasteiger charge is 2.18. The van der Waals surface area contributed by atoms with Crippen LogP contribution in [0, 0.1) is 0 Å². The fourth-order valence-electron chi connectivity index (χ4n) is 2.18. The summed E-state index contributed by atoms with van der Waals surface area (Å²) >= 11 is 2.98. The molecule has 2 N–H and O–H groups in total. The van der Waals surface area contributed by atoms with Crippen molar-refractivity contribution in [2.75, 3.05) is 31.1 Å². The van der Waals surface area contributed by atoms with Crippen LogP contribution in [0.2, 0.25) is 0 Å². The van der Waals surface area contributed by atoms with Crippen LogP contribution in [0.15, 0.2) is 34.2 Å². The molecule has 8 heteroatoms. The lowest BCUT2D eigenvalue weighted by Crippen LogP contribution is -2.31. The van der Waals surface area contributed by atoms with E-state index in [1.54, 1.807) is 18.0 Å². The molecule has 1 unspecified atom stereocenters. The van der Waals surface area contributed by atoms with Crippen LogP contribution in [0.4, 0.5) is 5.13 Å². The minimum Gasteiger partial charge on any atom is -0.340 e. The summed E-state index contributed by atoms with van der Waals surface area (Å²) < 4.78 is 4.57. The second-order valence-electron chi connectivity index (χ2n) is 5.45. The van der Waals surface area contributed by atoms with Crippen molar-refractivity contribution in [3.63, 3.8) is 0 Å². The molecule has 0 bridgehead atoms. The van der Waals surface area contributed by atoms with Crippen molar-refractivity contribution in [3.8, 4) is 0 Å². The SMILES string of the molecule is C=CSC(CN(CCCN)c1nc(C(C=N/C=C\C)CC)ns1)=NCC. The number of aromatic nitrogens is 2. The fraction of sp³-hybridized carbons (Fsp3) is 0.556. The molecule has 0 radical (unpaired) electrons. The number of rotatable bonds is 12. The van der Waals surface area contributed by atoms with Crippen LogP contribution in [0.1, 0.15) is 45.4 Å². The molecule has 1 rings (SSSR count). The number of anilines is 1. The molecule has 0 aliphatic rings. The number of hydrogen-bond donors (Lipinski definition) is 1. The normalized spacial score (nSPS) is 13.6. The summed E-state index contributed by atoms with van der Waals surface area (Å²) in [5.74, 6) is 0.947. The van der Waals surface area contributed by atoms with E-state index >= 15 is 0 Å². The monoisotopic (exact) mass is 394 g/mol. The molecule has 0 saturated carbocycles. The van der Waals surface area contributed by atoms with Crippen molar-refractivity contribution in [1.29, 1.82) is 0 Å². The van der Waals surface area contributed by atoms with E-state index in [9.17, 15) is 0 Å². The molecule has 0 spiro atoms. The topological polar surface area (TPSA) is 79.8 Å². The van der Waals surface area contributed by atoms with E-state index in [4.69, 9.17) is 10.7 Å². The van der Waals surface area contributed by atoms with Gasteiger partial charge in [-0.15, -0.1) is 0 Å². The van der Waals surface area contributed by atoms with E-state index in [1.807, 2.05) is 31.5 Å². The van der Waals surface area contributed by atoms with E-state index in [2.05, 4.69) is 32.8 Å². The highest BCUT2D eigenvalue weighted by Crippen LogP contribution is 2.24. The second-order valence-corrected chi connectivity index (χ2v) is 7.22. The van der Waals surface area contributed by atoms with Gasteiger partial charge in [-0.25, -0.2) is 4.98 Å². The molecule has 1 aromatic heterocycles. The van der Waals surface area contributed by atoms with Crippen LogP contribution in [0.3, 0.4) is 0 Å². The molecule has 0 fully saturated rings. The Morgan fingerprint density at radius 3 is 2.88 bits per heavy atom. The fourth-order valence-corrected chi connectivity index (χ4v) is 3.57. The Morgan fingerprint density at radius 2 is 2.27 bits per heavy atom. The molecule has 1 atom stereocenters. The Kier molecular flexibility index (Phi) is 11.8. The maximum absolute atomic E-state index is 5.71. The Morgan fingerprint density at radius 1 is 1.46 bits per heavy atom. The van der Waals surface area contributed by atoms with Gasteiger partial charge in [-0.05, 0) is 38.6 Å². The predicted molar refractivity (Wildman–Crippen MR) is 118 cm³/mol. The van der Waals surface area contributed by atoms with Crippen molar-refractivity contribution in [1.82, 2.24) is 9.36 Å². The molecule has 1 aromatic rings. The Labute approximate surface area is 165 Å². The maximum Gasteiger partial charge on any atom is 0.205 e. The van der Waals surface area contributed by atoms with Crippen LogP contribution in [-0.4, -0.2) is 46.8 Å². The van der Waals surface area contributed by atoms with E-state index in [0.29, 0.717) is 13.1 Å². The lowest BCUT2D eigenvalue weighted by Gasteiger charge is -2.21. The first kappa shape index (κ1) is 22.5. The van der Waals surface area contributed by atoms with Gasteiger partial charge >= 0.3 is 0 Å². The van der Waals surface area contributed by atoms with E-state index in [1.165, 1.54) is 11.5 Å². The molecule has 0 aliphatic heterocycles. The summed E-state index contributed by atoms with van der Waals surface area (Å²) in [5, 5.41) is 3.74. The molecule has 0 amide bonds. The summed E-state index contributed by atoms with van der Waals surface area (Å²) in [6.07, 6.45) is 7.41. The number of thioether (sulfide) groups is 1. The van der Waals surface area contributed by atoms with E-state index in [0.717, 1.165) is 41.9 Å². The Hall–Kier alpha value is -1.51. The zero-order valence-electron chi connectivity index (χ0n) is 16.0. The number of nitrogens with two attached hydrogens (primary N) is 1. The number of hydrogen-bond acceptors (Lipinski definition) is 8. The minimum atomic E-state index is 0.124. The largest absolute Gasteiger partial charge is 0.340 e. The van der Waals surface area contributed by atoms with Crippen LogP contribution in [0.5, 0.6) is 0 Å². The van der Waals surface area contributed by atoms with Crippen LogP contribution >= 0.6 is 23.3 Å². The summed E-state index contributed by atoms with van der Waals surface area (Å²) in [4.78, 5) is 15.8. The average molecular weight is 395 g/mol. The molecule has 144 valence electrons. The van der Waals surface area contributed by atoms with E-state index < -0.39 is 0 Å². The molecular weight excluding hydrogens is 364 g/mol. The van der Waals surface area contributed by atoms with Crippen LogP contribution < -0.4 is 10.6 Å². The average Bonchev–Trinajstić information content (AvgIpc) is 3.12. The molecule has 26 heavy (non-hydrogen) atoms. The zero-order chi connectivity index (χ0) is 19.2. The Balaban J connectivity index is 2.98. The predicted octanol–water partition coefficient (Wildman–Crippen LogP) is 4.09. The Bertz CT molecular complexity index is 609.